The molecule has 1 saturated heterocycles. The van der Waals surface area contributed by atoms with E-state index in [1.165, 1.54) is 18.4 Å². The first-order valence-electron chi connectivity index (χ1n) is 10.8. The second-order valence-electron chi connectivity index (χ2n) is 8.03. The molecule has 5 heteroatoms. The Morgan fingerprint density at radius 3 is 2.71 bits per heavy atom. The fraction of sp³-hybridized carbons (Fsp3) is 0.231. The first-order valence-corrected chi connectivity index (χ1v) is 10.8. The molecule has 1 aliphatic rings. The molecule has 5 rings (SSSR count). The van der Waals surface area contributed by atoms with Gasteiger partial charge in [0.25, 0.3) is 0 Å². The zero-order valence-electron chi connectivity index (χ0n) is 17.3. The SMILES string of the molecule is O=C(Cc1ccccn1)c1ccc(-c2ccc(C3CCCNC3)c3ncncc23)cc1. The number of ketones is 1. The van der Waals surface area contributed by atoms with E-state index in [4.69, 9.17) is 0 Å². The summed E-state index contributed by atoms with van der Waals surface area (Å²) in [6, 6.07) is 17.8. The number of benzene rings is 2. The molecule has 1 unspecified atom stereocenters. The summed E-state index contributed by atoms with van der Waals surface area (Å²) in [5.74, 6) is 0.547. The third-order valence-corrected chi connectivity index (χ3v) is 6.03. The van der Waals surface area contributed by atoms with Crippen LogP contribution in [-0.4, -0.2) is 33.8 Å². The van der Waals surface area contributed by atoms with Crippen LogP contribution in [0.2, 0.25) is 0 Å². The maximum absolute atomic E-state index is 12.6. The summed E-state index contributed by atoms with van der Waals surface area (Å²) in [6.45, 7) is 2.08. The van der Waals surface area contributed by atoms with Crippen molar-refractivity contribution in [1.29, 1.82) is 0 Å². The normalized spacial score (nSPS) is 16.3. The molecule has 0 amide bonds. The largest absolute Gasteiger partial charge is 0.316 e. The van der Waals surface area contributed by atoms with Gasteiger partial charge in [0.05, 0.1) is 11.9 Å². The van der Waals surface area contributed by atoms with Crippen LogP contribution in [0.3, 0.4) is 0 Å². The van der Waals surface area contributed by atoms with Crippen LogP contribution >= 0.6 is 0 Å². The molecule has 3 heterocycles. The van der Waals surface area contributed by atoms with Gasteiger partial charge in [0.1, 0.15) is 6.33 Å². The Morgan fingerprint density at radius 1 is 1.03 bits per heavy atom. The third kappa shape index (κ3) is 4.09. The van der Waals surface area contributed by atoms with Gasteiger partial charge in [-0.2, -0.15) is 0 Å². The van der Waals surface area contributed by atoms with E-state index < -0.39 is 0 Å². The average molecular weight is 409 g/mol. The van der Waals surface area contributed by atoms with Gasteiger partial charge >= 0.3 is 0 Å². The molecule has 4 aromatic rings. The summed E-state index contributed by atoms with van der Waals surface area (Å²) >= 11 is 0. The molecule has 2 aromatic carbocycles. The fourth-order valence-electron chi connectivity index (χ4n) is 4.40. The molecule has 31 heavy (non-hydrogen) atoms. The molecule has 1 aliphatic heterocycles. The number of aromatic nitrogens is 3. The Kier molecular flexibility index (Phi) is 5.50. The van der Waals surface area contributed by atoms with Crippen LogP contribution in [0.15, 0.2) is 73.3 Å². The summed E-state index contributed by atoms with van der Waals surface area (Å²) in [5, 5.41) is 4.55. The molecule has 1 atom stereocenters. The van der Waals surface area contributed by atoms with Crippen molar-refractivity contribution in [2.24, 2.45) is 0 Å². The number of carbonyl (C=O) groups is 1. The molecule has 0 bridgehead atoms. The van der Waals surface area contributed by atoms with Crippen molar-refractivity contribution in [1.82, 2.24) is 20.3 Å². The van der Waals surface area contributed by atoms with Crippen molar-refractivity contribution >= 4 is 16.7 Å². The van der Waals surface area contributed by atoms with Crippen molar-refractivity contribution in [2.45, 2.75) is 25.2 Å². The molecule has 0 aliphatic carbocycles. The number of hydrogen-bond donors (Lipinski definition) is 1. The highest BCUT2D eigenvalue weighted by Crippen LogP contribution is 2.34. The van der Waals surface area contributed by atoms with E-state index in [0.717, 1.165) is 40.8 Å². The number of pyridine rings is 1. The average Bonchev–Trinajstić information content (AvgIpc) is 2.85. The molecule has 0 radical (unpaired) electrons. The van der Waals surface area contributed by atoms with E-state index in [2.05, 4.69) is 32.4 Å². The lowest BCUT2D eigenvalue weighted by Crippen LogP contribution is -2.28. The second kappa shape index (κ2) is 8.74. The lowest BCUT2D eigenvalue weighted by molar-refractivity contribution is 0.0992. The van der Waals surface area contributed by atoms with Crippen LogP contribution in [0.5, 0.6) is 0 Å². The monoisotopic (exact) mass is 408 g/mol. The molecule has 1 fully saturated rings. The molecular formula is C26H24N4O. The Balaban J connectivity index is 1.45. The van der Waals surface area contributed by atoms with Crippen molar-refractivity contribution in [3.8, 4) is 11.1 Å². The van der Waals surface area contributed by atoms with Crippen molar-refractivity contribution in [2.75, 3.05) is 13.1 Å². The number of carbonyl (C=O) groups excluding carboxylic acids is 1. The van der Waals surface area contributed by atoms with Gasteiger partial charge in [0, 0.05) is 35.6 Å². The molecule has 154 valence electrons. The zero-order valence-corrected chi connectivity index (χ0v) is 17.3. The number of piperidine rings is 1. The van der Waals surface area contributed by atoms with E-state index in [1.807, 2.05) is 48.7 Å². The quantitative estimate of drug-likeness (QED) is 0.490. The predicted octanol–water partition coefficient (Wildman–Crippen LogP) is 4.58. The van der Waals surface area contributed by atoms with Gasteiger partial charge in [-0.3, -0.25) is 9.78 Å². The Morgan fingerprint density at radius 2 is 1.94 bits per heavy atom. The Hall–Kier alpha value is -3.44. The van der Waals surface area contributed by atoms with Crippen LogP contribution < -0.4 is 5.32 Å². The number of hydrogen-bond acceptors (Lipinski definition) is 5. The van der Waals surface area contributed by atoms with E-state index >= 15 is 0 Å². The van der Waals surface area contributed by atoms with Crippen LogP contribution in [0.25, 0.3) is 22.0 Å². The van der Waals surface area contributed by atoms with Crippen LogP contribution in [0, 0.1) is 0 Å². The van der Waals surface area contributed by atoms with E-state index in [9.17, 15) is 4.79 Å². The standard InChI is InChI=1S/C26H24N4O/c31-25(14-21-5-1-2-13-29-21)19-8-6-18(7-9-19)22-10-11-23(20-4-3-12-27-15-20)26-24(22)16-28-17-30-26/h1-2,5-11,13,16-17,20,27H,3-4,12,14-15H2. The lowest BCUT2D eigenvalue weighted by Gasteiger charge is -2.24. The van der Waals surface area contributed by atoms with Crippen molar-refractivity contribution in [3.05, 3.63) is 90.1 Å². The Labute approximate surface area is 181 Å². The number of fused-ring (bicyclic) bond motifs is 1. The summed E-state index contributed by atoms with van der Waals surface area (Å²) in [4.78, 5) is 25.8. The maximum Gasteiger partial charge on any atom is 0.168 e. The minimum atomic E-state index is 0.0681. The van der Waals surface area contributed by atoms with Gasteiger partial charge in [0.15, 0.2) is 5.78 Å². The summed E-state index contributed by atoms with van der Waals surface area (Å²) in [6.07, 6.45) is 7.92. The van der Waals surface area contributed by atoms with Gasteiger partial charge in [0.2, 0.25) is 0 Å². The first kappa shape index (κ1) is 19.5. The van der Waals surface area contributed by atoms with Crippen LogP contribution in [-0.2, 0) is 6.42 Å². The van der Waals surface area contributed by atoms with Gasteiger partial charge < -0.3 is 5.32 Å². The second-order valence-corrected chi connectivity index (χ2v) is 8.03. The van der Waals surface area contributed by atoms with E-state index in [1.54, 1.807) is 12.5 Å². The van der Waals surface area contributed by atoms with Crippen LogP contribution in [0.1, 0.15) is 40.4 Å². The number of Topliss-reactive ketones (excluding diaryl/α,β-unsaturated/α-hetero) is 1. The summed E-state index contributed by atoms with van der Waals surface area (Å²) in [7, 11) is 0. The molecule has 1 N–H and O–H groups in total. The molecule has 0 spiro atoms. The maximum atomic E-state index is 12.6. The summed E-state index contributed by atoms with van der Waals surface area (Å²) < 4.78 is 0. The van der Waals surface area contributed by atoms with Crippen molar-refractivity contribution in [3.63, 3.8) is 0 Å². The number of nitrogens with zero attached hydrogens (tertiary/aromatic N) is 3. The highest BCUT2D eigenvalue weighted by molar-refractivity contribution is 5.99. The van der Waals surface area contributed by atoms with Gasteiger partial charge in [-0.25, -0.2) is 9.97 Å². The first-order chi connectivity index (χ1) is 15.3. The highest BCUT2D eigenvalue weighted by atomic mass is 16.1. The van der Waals surface area contributed by atoms with Crippen molar-refractivity contribution < 1.29 is 4.79 Å². The van der Waals surface area contributed by atoms with Gasteiger partial charge in [-0.05, 0) is 54.1 Å². The predicted molar refractivity (Wildman–Crippen MR) is 122 cm³/mol. The minimum Gasteiger partial charge on any atom is -0.316 e. The fourth-order valence-corrected chi connectivity index (χ4v) is 4.40. The number of nitrogens with one attached hydrogen (secondary N) is 1. The van der Waals surface area contributed by atoms with E-state index in [-0.39, 0.29) is 5.78 Å². The topological polar surface area (TPSA) is 67.8 Å². The minimum absolute atomic E-state index is 0.0681. The van der Waals surface area contributed by atoms with Crippen LogP contribution in [0.4, 0.5) is 0 Å². The van der Waals surface area contributed by atoms with Gasteiger partial charge in [-0.1, -0.05) is 42.5 Å². The molecule has 0 saturated carbocycles. The van der Waals surface area contributed by atoms with Gasteiger partial charge in [-0.15, -0.1) is 0 Å². The lowest BCUT2D eigenvalue weighted by atomic mass is 9.88. The molecule has 5 nitrogen and oxygen atoms in total. The molecular weight excluding hydrogens is 384 g/mol. The molecule has 2 aromatic heterocycles. The Bertz CT molecular complexity index is 1200. The summed E-state index contributed by atoms with van der Waals surface area (Å²) in [5.41, 5.74) is 5.94. The number of rotatable bonds is 5. The third-order valence-electron chi connectivity index (χ3n) is 6.03. The smallest absolute Gasteiger partial charge is 0.168 e. The zero-order chi connectivity index (χ0) is 21.0. The van der Waals surface area contributed by atoms with E-state index in [0.29, 0.717) is 17.9 Å². The highest BCUT2D eigenvalue weighted by Gasteiger charge is 2.19.